The maximum absolute atomic E-state index is 11.5. The lowest BCUT2D eigenvalue weighted by molar-refractivity contribution is 0.0697. The third kappa shape index (κ3) is 4.15. The molecule has 4 rings (SSSR count). The zero-order valence-electron chi connectivity index (χ0n) is 16.8. The van der Waals surface area contributed by atoms with E-state index in [-0.39, 0.29) is 0 Å². The van der Waals surface area contributed by atoms with Crippen molar-refractivity contribution in [2.75, 3.05) is 0 Å². The largest absolute Gasteiger partial charge is 0.478 e. The minimum Gasteiger partial charge on any atom is -0.478 e. The summed E-state index contributed by atoms with van der Waals surface area (Å²) in [6, 6.07) is 25.0. The number of aryl methyl sites for hydroxylation is 1. The molecule has 1 heterocycles. The SMILES string of the molecule is CCCc1nc(-c2ccccc2)nn1Cc1ccc(-c2ccccc2C(=O)O)cc1. The molecule has 4 aromatic rings. The molecular formula is C25H23N3O2. The van der Waals surface area contributed by atoms with Gasteiger partial charge in [-0.15, -0.1) is 0 Å². The number of rotatable bonds is 7. The van der Waals surface area contributed by atoms with Crippen LogP contribution in [0.1, 0.15) is 35.1 Å². The van der Waals surface area contributed by atoms with Crippen molar-refractivity contribution < 1.29 is 9.90 Å². The molecule has 0 saturated heterocycles. The van der Waals surface area contributed by atoms with Crippen molar-refractivity contribution in [2.45, 2.75) is 26.3 Å². The van der Waals surface area contributed by atoms with Gasteiger partial charge < -0.3 is 5.11 Å². The number of hydrogen-bond donors (Lipinski definition) is 1. The molecule has 0 aliphatic heterocycles. The average Bonchev–Trinajstić information content (AvgIpc) is 3.17. The van der Waals surface area contributed by atoms with E-state index in [0.29, 0.717) is 12.1 Å². The van der Waals surface area contributed by atoms with Gasteiger partial charge in [0.2, 0.25) is 0 Å². The first kappa shape index (κ1) is 19.6. The number of hydrogen-bond acceptors (Lipinski definition) is 3. The van der Waals surface area contributed by atoms with Gasteiger partial charge in [-0.25, -0.2) is 14.5 Å². The van der Waals surface area contributed by atoms with Crippen molar-refractivity contribution in [1.29, 1.82) is 0 Å². The third-order valence-corrected chi connectivity index (χ3v) is 5.01. The highest BCUT2D eigenvalue weighted by molar-refractivity contribution is 5.95. The van der Waals surface area contributed by atoms with Crippen molar-refractivity contribution in [3.05, 3.63) is 95.8 Å². The Balaban J connectivity index is 1.61. The number of carboxylic acids is 1. The first-order valence-electron chi connectivity index (χ1n) is 10.1. The van der Waals surface area contributed by atoms with Crippen LogP contribution in [0.3, 0.4) is 0 Å². The van der Waals surface area contributed by atoms with Crippen LogP contribution in [0.25, 0.3) is 22.5 Å². The first-order valence-corrected chi connectivity index (χ1v) is 10.1. The second-order valence-corrected chi connectivity index (χ2v) is 7.17. The fourth-order valence-corrected chi connectivity index (χ4v) is 3.50. The second kappa shape index (κ2) is 8.74. The van der Waals surface area contributed by atoms with Gasteiger partial charge in [-0.2, -0.15) is 5.10 Å². The zero-order valence-corrected chi connectivity index (χ0v) is 16.8. The highest BCUT2D eigenvalue weighted by Crippen LogP contribution is 2.25. The molecule has 0 saturated carbocycles. The maximum atomic E-state index is 11.5. The third-order valence-electron chi connectivity index (χ3n) is 5.01. The smallest absolute Gasteiger partial charge is 0.336 e. The van der Waals surface area contributed by atoms with Gasteiger partial charge in [0.1, 0.15) is 5.82 Å². The molecule has 0 aliphatic carbocycles. The molecule has 1 N–H and O–H groups in total. The Morgan fingerprint density at radius 3 is 2.30 bits per heavy atom. The number of nitrogens with zero attached hydrogens (tertiary/aromatic N) is 3. The van der Waals surface area contributed by atoms with Crippen LogP contribution in [0, 0.1) is 0 Å². The van der Waals surface area contributed by atoms with Gasteiger partial charge >= 0.3 is 5.97 Å². The normalized spacial score (nSPS) is 10.8. The molecule has 5 nitrogen and oxygen atoms in total. The summed E-state index contributed by atoms with van der Waals surface area (Å²) in [7, 11) is 0. The summed E-state index contributed by atoms with van der Waals surface area (Å²) in [4.78, 5) is 16.3. The fourth-order valence-electron chi connectivity index (χ4n) is 3.50. The molecule has 1 aromatic heterocycles. The van der Waals surface area contributed by atoms with E-state index in [1.165, 1.54) is 0 Å². The van der Waals surface area contributed by atoms with Gasteiger partial charge in [-0.05, 0) is 29.2 Å². The molecule has 0 amide bonds. The van der Waals surface area contributed by atoms with Gasteiger partial charge in [0.05, 0.1) is 12.1 Å². The van der Waals surface area contributed by atoms with Crippen molar-refractivity contribution in [3.63, 3.8) is 0 Å². The van der Waals surface area contributed by atoms with Crippen molar-refractivity contribution in [3.8, 4) is 22.5 Å². The van der Waals surface area contributed by atoms with Crippen LogP contribution in [0.2, 0.25) is 0 Å². The van der Waals surface area contributed by atoms with Gasteiger partial charge in [0, 0.05) is 12.0 Å². The van der Waals surface area contributed by atoms with E-state index in [1.54, 1.807) is 12.1 Å². The number of benzene rings is 3. The summed E-state index contributed by atoms with van der Waals surface area (Å²) in [6.07, 6.45) is 1.86. The molecule has 0 bridgehead atoms. The average molecular weight is 397 g/mol. The van der Waals surface area contributed by atoms with E-state index in [1.807, 2.05) is 71.4 Å². The Hall–Kier alpha value is -3.73. The van der Waals surface area contributed by atoms with Crippen LogP contribution in [0.4, 0.5) is 0 Å². The zero-order chi connectivity index (χ0) is 20.9. The topological polar surface area (TPSA) is 68.0 Å². The minimum absolute atomic E-state index is 0.305. The summed E-state index contributed by atoms with van der Waals surface area (Å²) >= 11 is 0. The molecule has 150 valence electrons. The Kier molecular flexibility index (Phi) is 5.70. The summed E-state index contributed by atoms with van der Waals surface area (Å²) in [5.41, 5.74) is 4.01. The van der Waals surface area contributed by atoms with E-state index in [9.17, 15) is 9.90 Å². The molecule has 0 fully saturated rings. The van der Waals surface area contributed by atoms with Crippen LogP contribution < -0.4 is 0 Å². The molecule has 0 unspecified atom stereocenters. The number of carbonyl (C=O) groups is 1. The fraction of sp³-hybridized carbons (Fsp3) is 0.160. The quantitative estimate of drug-likeness (QED) is 0.459. The molecule has 0 atom stereocenters. The molecule has 5 heteroatoms. The summed E-state index contributed by atoms with van der Waals surface area (Å²) < 4.78 is 1.96. The Labute approximate surface area is 175 Å². The minimum atomic E-state index is -0.921. The van der Waals surface area contributed by atoms with E-state index < -0.39 is 5.97 Å². The lowest BCUT2D eigenvalue weighted by Crippen LogP contribution is -2.07. The molecule has 3 aromatic carbocycles. The lowest BCUT2D eigenvalue weighted by atomic mass is 9.99. The highest BCUT2D eigenvalue weighted by atomic mass is 16.4. The van der Waals surface area contributed by atoms with Gasteiger partial charge in [0.15, 0.2) is 5.82 Å². The lowest BCUT2D eigenvalue weighted by Gasteiger charge is -2.09. The van der Waals surface area contributed by atoms with Crippen LogP contribution in [-0.4, -0.2) is 25.8 Å². The van der Waals surface area contributed by atoms with Gasteiger partial charge in [-0.1, -0.05) is 79.7 Å². The summed E-state index contributed by atoms with van der Waals surface area (Å²) in [6.45, 7) is 2.76. The van der Waals surface area contributed by atoms with E-state index in [0.717, 1.165) is 46.7 Å². The van der Waals surface area contributed by atoms with E-state index >= 15 is 0 Å². The number of carboxylic acid groups (broad SMARTS) is 1. The molecular weight excluding hydrogens is 374 g/mol. The Bertz CT molecular complexity index is 1150. The van der Waals surface area contributed by atoms with Gasteiger partial charge in [-0.3, -0.25) is 0 Å². The summed E-state index contributed by atoms with van der Waals surface area (Å²) in [5.74, 6) is 0.789. The van der Waals surface area contributed by atoms with Gasteiger partial charge in [0.25, 0.3) is 0 Å². The van der Waals surface area contributed by atoms with Crippen molar-refractivity contribution in [2.24, 2.45) is 0 Å². The van der Waals surface area contributed by atoms with Crippen LogP contribution in [0.5, 0.6) is 0 Å². The van der Waals surface area contributed by atoms with Crippen molar-refractivity contribution >= 4 is 5.97 Å². The Morgan fingerprint density at radius 1 is 0.900 bits per heavy atom. The van der Waals surface area contributed by atoms with Crippen LogP contribution in [0.15, 0.2) is 78.9 Å². The van der Waals surface area contributed by atoms with Crippen molar-refractivity contribution in [1.82, 2.24) is 14.8 Å². The van der Waals surface area contributed by atoms with Crippen LogP contribution >= 0.6 is 0 Å². The number of aromatic carboxylic acids is 1. The van der Waals surface area contributed by atoms with E-state index in [2.05, 4.69) is 6.92 Å². The predicted octanol–water partition coefficient (Wildman–Crippen LogP) is 5.31. The highest BCUT2D eigenvalue weighted by Gasteiger charge is 2.13. The monoisotopic (exact) mass is 397 g/mol. The molecule has 0 aliphatic rings. The Morgan fingerprint density at radius 2 is 1.60 bits per heavy atom. The standard InChI is InChI=1S/C25H23N3O2/c1-2-8-23-26-24(20-9-4-3-5-10-20)27-28(23)17-18-13-15-19(16-14-18)21-11-6-7-12-22(21)25(29)30/h3-7,9-16H,2,8,17H2,1H3,(H,29,30). The predicted molar refractivity (Wildman–Crippen MR) is 117 cm³/mol. The molecule has 0 spiro atoms. The summed E-state index contributed by atoms with van der Waals surface area (Å²) in [5, 5.41) is 14.2. The maximum Gasteiger partial charge on any atom is 0.336 e. The molecule has 0 radical (unpaired) electrons. The van der Waals surface area contributed by atoms with E-state index in [4.69, 9.17) is 10.1 Å². The second-order valence-electron chi connectivity index (χ2n) is 7.17. The first-order chi connectivity index (χ1) is 14.7. The van der Waals surface area contributed by atoms with Crippen LogP contribution in [-0.2, 0) is 13.0 Å². The number of aromatic nitrogens is 3. The molecule has 30 heavy (non-hydrogen) atoms.